The molecule has 0 atom stereocenters. The van der Waals surface area contributed by atoms with Gasteiger partial charge in [0.15, 0.2) is 0 Å². The van der Waals surface area contributed by atoms with Crippen LogP contribution >= 0.6 is 34.5 Å². The molecular formula is C8H12Cl2N2S. The number of nitrogens with zero attached hydrogens (tertiary/aromatic N) is 1. The normalized spacial score (nSPS) is 11.9. The standard InChI is InChI=1S/C8H12Cl2N2S/c1-8(4-9,5-10)12-3-7-2-11-6-13-7/h2,6,12H,3-5H2,1H3. The van der Waals surface area contributed by atoms with Gasteiger partial charge in [-0.25, -0.2) is 0 Å². The average Bonchev–Trinajstić information content (AvgIpc) is 2.67. The first kappa shape index (κ1) is 11.2. The molecule has 1 rings (SSSR count). The first-order valence-electron chi connectivity index (χ1n) is 3.94. The van der Waals surface area contributed by atoms with Crippen molar-refractivity contribution in [2.24, 2.45) is 0 Å². The summed E-state index contributed by atoms with van der Waals surface area (Å²) in [5.41, 5.74) is 1.63. The number of rotatable bonds is 5. The van der Waals surface area contributed by atoms with Crippen LogP contribution in [0, 0.1) is 0 Å². The summed E-state index contributed by atoms with van der Waals surface area (Å²) in [5.74, 6) is 1.02. The molecule has 0 amide bonds. The van der Waals surface area contributed by atoms with Crippen LogP contribution in [-0.2, 0) is 6.54 Å². The number of halogens is 2. The quantitative estimate of drug-likeness (QED) is 0.798. The minimum atomic E-state index is -0.187. The molecule has 0 aliphatic carbocycles. The van der Waals surface area contributed by atoms with E-state index in [1.807, 2.05) is 18.6 Å². The van der Waals surface area contributed by atoms with Gasteiger partial charge in [0.25, 0.3) is 0 Å². The SMILES string of the molecule is CC(CCl)(CCl)NCc1cncs1. The van der Waals surface area contributed by atoms with Crippen molar-refractivity contribution in [1.82, 2.24) is 10.3 Å². The van der Waals surface area contributed by atoms with Crippen molar-refractivity contribution < 1.29 is 0 Å². The fourth-order valence-corrected chi connectivity index (χ4v) is 1.77. The fourth-order valence-electron chi connectivity index (χ4n) is 0.760. The predicted molar refractivity (Wildman–Crippen MR) is 58.8 cm³/mol. The molecule has 0 spiro atoms. The Hall–Kier alpha value is 0.170. The summed E-state index contributed by atoms with van der Waals surface area (Å²) in [6, 6.07) is 0. The molecule has 0 aliphatic heterocycles. The van der Waals surface area contributed by atoms with Crippen LogP contribution in [0.2, 0.25) is 0 Å². The maximum absolute atomic E-state index is 5.79. The minimum absolute atomic E-state index is 0.187. The third kappa shape index (κ3) is 3.43. The van der Waals surface area contributed by atoms with Gasteiger partial charge in [-0.05, 0) is 6.92 Å². The third-order valence-electron chi connectivity index (χ3n) is 1.76. The van der Waals surface area contributed by atoms with Gasteiger partial charge in [0, 0.05) is 34.9 Å². The highest BCUT2D eigenvalue weighted by Gasteiger charge is 2.20. The summed E-state index contributed by atoms with van der Waals surface area (Å²) in [5, 5.41) is 3.30. The Kier molecular flexibility index (Phi) is 4.46. The van der Waals surface area contributed by atoms with E-state index in [9.17, 15) is 0 Å². The van der Waals surface area contributed by atoms with Crippen molar-refractivity contribution in [3.8, 4) is 0 Å². The van der Waals surface area contributed by atoms with Crippen molar-refractivity contribution in [3.05, 3.63) is 16.6 Å². The van der Waals surface area contributed by atoms with E-state index in [1.54, 1.807) is 11.3 Å². The van der Waals surface area contributed by atoms with Gasteiger partial charge in [-0.2, -0.15) is 0 Å². The van der Waals surface area contributed by atoms with Crippen LogP contribution in [0.25, 0.3) is 0 Å². The maximum Gasteiger partial charge on any atom is 0.0794 e. The molecule has 0 aromatic carbocycles. The van der Waals surface area contributed by atoms with Crippen molar-refractivity contribution >= 4 is 34.5 Å². The van der Waals surface area contributed by atoms with Crippen molar-refractivity contribution in [3.63, 3.8) is 0 Å². The summed E-state index contributed by atoms with van der Waals surface area (Å²) < 4.78 is 0. The molecule has 0 bridgehead atoms. The van der Waals surface area contributed by atoms with Crippen molar-refractivity contribution in [1.29, 1.82) is 0 Å². The highest BCUT2D eigenvalue weighted by molar-refractivity contribution is 7.09. The summed E-state index contributed by atoms with van der Waals surface area (Å²) in [4.78, 5) is 5.18. The Balaban J connectivity index is 2.41. The smallest absolute Gasteiger partial charge is 0.0794 e. The molecule has 1 aromatic heterocycles. The number of alkyl halides is 2. The molecule has 74 valence electrons. The topological polar surface area (TPSA) is 24.9 Å². The minimum Gasteiger partial charge on any atom is -0.304 e. The van der Waals surface area contributed by atoms with Gasteiger partial charge in [0.1, 0.15) is 0 Å². The van der Waals surface area contributed by atoms with E-state index in [-0.39, 0.29) is 5.54 Å². The summed E-state index contributed by atoms with van der Waals surface area (Å²) in [6.07, 6.45) is 1.85. The number of hydrogen-bond donors (Lipinski definition) is 1. The molecule has 1 aromatic rings. The molecule has 0 fully saturated rings. The van der Waals surface area contributed by atoms with Gasteiger partial charge in [-0.15, -0.1) is 34.5 Å². The van der Waals surface area contributed by atoms with E-state index < -0.39 is 0 Å². The summed E-state index contributed by atoms with van der Waals surface area (Å²) in [7, 11) is 0. The van der Waals surface area contributed by atoms with Gasteiger partial charge in [-0.1, -0.05) is 0 Å². The van der Waals surface area contributed by atoms with Crippen LogP contribution in [0.4, 0.5) is 0 Å². The third-order valence-corrected chi connectivity index (χ3v) is 3.72. The summed E-state index contributed by atoms with van der Waals surface area (Å²) >= 11 is 13.2. The number of nitrogens with one attached hydrogen (secondary N) is 1. The zero-order chi connectivity index (χ0) is 9.73. The molecule has 5 heteroatoms. The van der Waals surface area contributed by atoms with Gasteiger partial charge < -0.3 is 5.32 Å². The lowest BCUT2D eigenvalue weighted by molar-refractivity contribution is 0.437. The Morgan fingerprint density at radius 2 is 2.23 bits per heavy atom. The van der Waals surface area contributed by atoms with E-state index in [2.05, 4.69) is 10.3 Å². The van der Waals surface area contributed by atoms with Crippen LogP contribution in [0.5, 0.6) is 0 Å². The Morgan fingerprint density at radius 3 is 2.69 bits per heavy atom. The van der Waals surface area contributed by atoms with Gasteiger partial charge in [0.2, 0.25) is 0 Å². The zero-order valence-electron chi connectivity index (χ0n) is 7.39. The van der Waals surface area contributed by atoms with Crippen molar-refractivity contribution in [2.75, 3.05) is 11.8 Å². The number of thiazole rings is 1. The van der Waals surface area contributed by atoms with Crippen molar-refractivity contribution in [2.45, 2.75) is 19.0 Å². The fraction of sp³-hybridized carbons (Fsp3) is 0.625. The Labute approximate surface area is 92.3 Å². The van der Waals surface area contributed by atoms with E-state index in [0.29, 0.717) is 11.8 Å². The Bertz CT molecular complexity index is 234. The largest absolute Gasteiger partial charge is 0.304 e. The molecule has 13 heavy (non-hydrogen) atoms. The predicted octanol–water partition coefficient (Wildman–Crippen LogP) is 2.47. The van der Waals surface area contributed by atoms with Crippen LogP contribution in [0.1, 0.15) is 11.8 Å². The highest BCUT2D eigenvalue weighted by Crippen LogP contribution is 2.12. The first-order chi connectivity index (χ1) is 6.20. The molecule has 0 saturated carbocycles. The molecule has 2 nitrogen and oxygen atoms in total. The summed E-state index contributed by atoms with van der Waals surface area (Å²) in [6.45, 7) is 2.79. The number of aromatic nitrogens is 1. The van der Waals surface area contributed by atoms with E-state index in [1.165, 1.54) is 4.88 Å². The van der Waals surface area contributed by atoms with Crippen LogP contribution in [0.3, 0.4) is 0 Å². The molecule has 1 heterocycles. The Morgan fingerprint density at radius 1 is 1.54 bits per heavy atom. The van der Waals surface area contributed by atoms with E-state index in [0.717, 1.165) is 6.54 Å². The lowest BCUT2D eigenvalue weighted by Gasteiger charge is -2.25. The highest BCUT2D eigenvalue weighted by atomic mass is 35.5. The van der Waals surface area contributed by atoms with E-state index >= 15 is 0 Å². The molecule has 0 saturated heterocycles. The second kappa shape index (κ2) is 5.15. The van der Waals surface area contributed by atoms with Crippen LogP contribution < -0.4 is 5.32 Å². The molecule has 1 N–H and O–H groups in total. The zero-order valence-corrected chi connectivity index (χ0v) is 9.72. The lowest BCUT2D eigenvalue weighted by atomic mass is 10.1. The van der Waals surface area contributed by atoms with Crippen LogP contribution in [-0.4, -0.2) is 22.3 Å². The second-order valence-corrected chi connectivity index (χ2v) is 4.65. The van der Waals surface area contributed by atoms with Crippen LogP contribution in [0.15, 0.2) is 11.7 Å². The molecule has 0 radical (unpaired) electrons. The van der Waals surface area contributed by atoms with Gasteiger partial charge in [-0.3, -0.25) is 4.98 Å². The number of hydrogen-bond acceptors (Lipinski definition) is 3. The first-order valence-corrected chi connectivity index (χ1v) is 5.89. The van der Waals surface area contributed by atoms with Gasteiger partial charge >= 0.3 is 0 Å². The molecule has 0 aliphatic rings. The monoisotopic (exact) mass is 238 g/mol. The molecule has 0 unspecified atom stereocenters. The molecular weight excluding hydrogens is 227 g/mol. The van der Waals surface area contributed by atoms with Gasteiger partial charge in [0.05, 0.1) is 5.51 Å². The lowest BCUT2D eigenvalue weighted by Crippen LogP contribution is -2.45. The van der Waals surface area contributed by atoms with E-state index in [4.69, 9.17) is 23.2 Å². The second-order valence-electron chi connectivity index (χ2n) is 3.15. The average molecular weight is 239 g/mol. The maximum atomic E-state index is 5.79.